The Balaban J connectivity index is 1.56. The molecule has 1 aliphatic heterocycles. The summed E-state index contributed by atoms with van der Waals surface area (Å²) in [5, 5.41) is 5.79. The van der Waals surface area contributed by atoms with Crippen molar-refractivity contribution in [2.24, 2.45) is 11.0 Å². The van der Waals surface area contributed by atoms with Crippen LogP contribution in [0.2, 0.25) is 5.02 Å². The summed E-state index contributed by atoms with van der Waals surface area (Å²) in [7, 11) is 0. The predicted octanol–water partition coefficient (Wildman–Crippen LogP) is 6.36. The van der Waals surface area contributed by atoms with E-state index in [1.165, 1.54) is 29.3 Å². The van der Waals surface area contributed by atoms with Crippen LogP contribution in [0.25, 0.3) is 17.4 Å². The minimum Gasteiger partial charge on any atom is -0.462 e. The summed E-state index contributed by atoms with van der Waals surface area (Å²) in [4.78, 5) is 25.3. The van der Waals surface area contributed by atoms with Gasteiger partial charge in [0.05, 0.1) is 34.2 Å². The summed E-state index contributed by atoms with van der Waals surface area (Å²) < 4.78 is 24.4. The number of hydrogen-bond donors (Lipinski definition) is 0. The van der Waals surface area contributed by atoms with E-state index < -0.39 is 11.8 Å². The fourth-order valence-corrected chi connectivity index (χ4v) is 3.52. The van der Waals surface area contributed by atoms with E-state index in [4.69, 9.17) is 20.8 Å². The van der Waals surface area contributed by atoms with Gasteiger partial charge in [0.1, 0.15) is 17.3 Å². The Bertz CT molecular complexity index is 1310. The van der Waals surface area contributed by atoms with Crippen molar-refractivity contribution < 1.29 is 23.1 Å². The molecular weight excluding hydrogens is 459 g/mol. The van der Waals surface area contributed by atoms with Gasteiger partial charge < -0.3 is 9.15 Å². The first-order valence-electron chi connectivity index (χ1n) is 10.7. The molecule has 1 aromatic heterocycles. The standard InChI is InChI=1S/C26H22ClFN2O4/c1-15(2)14-33-26(32)22-12-17(4-10-23(22)27)24-11-9-20(34-24)13-21-16(3)29-30(25(21)31)19-7-5-18(28)6-8-19/h4-13,15H,14H2,1-3H3/b21-13+. The van der Waals surface area contributed by atoms with Crippen LogP contribution in [0.4, 0.5) is 10.1 Å². The van der Waals surface area contributed by atoms with Crippen LogP contribution in [0.3, 0.4) is 0 Å². The molecule has 1 amide bonds. The molecule has 0 radical (unpaired) electrons. The fourth-order valence-electron chi connectivity index (χ4n) is 3.32. The minimum atomic E-state index is -0.501. The second-order valence-corrected chi connectivity index (χ2v) is 8.63. The van der Waals surface area contributed by atoms with E-state index in [9.17, 15) is 14.0 Å². The van der Waals surface area contributed by atoms with Gasteiger partial charge in [0.25, 0.3) is 5.91 Å². The maximum absolute atomic E-state index is 13.2. The molecule has 34 heavy (non-hydrogen) atoms. The fraction of sp³-hybridized carbons (Fsp3) is 0.192. The molecule has 0 atom stereocenters. The number of hydrazone groups is 1. The molecule has 0 aliphatic carbocycles. The van der Waals surface area contributed by atoms with E-state index >= 15 is 0 Å². The van der Waals surface area contributed by atoms with Crippen molar-refractivity contribution in [1.29, 1.82) is 0 Å². The highest BCUT2D eigenvalue weighted by Crippen LogP contribution is 2.30. The summed E-state index contributed by atoms with van der Waals surface area (Å²) in [5.41, 5.74) is 2.22. The van der Waals surface area contributed by atoms with Crippen LogP contribution in [0.1, 0.15) is 36.9 Å². The molecule has 0 bridgehead atoms. The summed E-state index contributed by atoms with van der Waals surface area (Å²) in [6.45, 7) is 5.91. The number of furan rings is 1. The monoisotopic (exact) mass is 480 g/mol. The van der Waals surface area contributed by atoms with Gasteiger partial charge >= 0.3 is 5.97 Å². The molecule has 3 aromatic rings. The quantitative estimate of drug-likeness (QED) is 0.304. The van der Waals surface area contributed by atoms with E-state index in [0.29, 0.717) is 40.7 Å². The van der Waals surface area contributed by atoms with Crippen molar-refractivity contribution in [1.82, 2.24) is 0 Å². The average Bonchev–Trinajstić information content (AvgIpc) is 3.38. The van der Waals surface area contributed by atoms with E-state index in [2.05, 4.69) is 5.10 Å². The molecule has 4 rings (SSSR count). The highest BCUT2D eigenvalue weighted by atomic mass is 35.5. The van der Waals surface area contributed by atoms with Crippen molar-refractivity contribution in [2.45, 2.75) is 20.8 Å². The van der Waals surface area contributed by atoms with E-state index in [1.807, 2.05) is 13.8 Å². The second-order valence-electron chi connectivity index (χ2n) is 8.23. The summed E-state index contributed by atoms with van der Waals surface area (Å²) >= 11 is 6.20. The smallest absolute Gasteiger partial charge is 0.339 e. The third-order valence-electron chi connectivity index (χ3n) is 5.07. The molecule has 1 aliphatic rings. The highest BCUT2D eigenvalue weighted by molar-refractivity contribution is 6.33. The molecule has 6 nitrogen and oxygen atoms in total. The first-order chi connectivity index (χ1) is 16.2. The second kappa shape index (κ2) is 9.65. The van der Waals surface area contributed by atoms with Crippen molar-refractivity contribution in [3.8, 4) is 11.3 Å². The first-order valence-corrected chi connectivity index (χ1v) is 11.0. The Labute approximate surface area is 201 Å². The lowest BCUT2D eigenvalue weighted by Gasteiger charge is -2.11. The first kappa shape index (κ1) is 23.4. The molecule has 2 heterocycles. The Hall–Kier alpha value is -3.71. The molecule has 0 unspecified atom stereocenters. The van der Waals surface area contributed by atoms with Crippen molar-refractivity contribution in [3.63, 3.8) is 0 Å². The van der Waals surface area contributed by atoms with E-state index in [1.54, 1.807) is 43.3 Å². The maximum Gasteiger partial charge on any atom is 0.339 e. The summed E-state index contributed by atoms with van der Waals surface area (Å²) in [6, 6.07) is 13.9. The highest BCUT2D eigenvalue weighted by Gasteiger charge is 2.29. The van der Waals surface area contributed by atoms with Crippen LogP contribution in [0, 0.1) is 11.7 Å². The largest absolute Gasteiger partial charge is 0.462 e. The lowest BCUT2D eigenvalue weighted by Crippen LogP contribution is -2.21. The van der Waals surface area contributed by atoms with Gasteiger partial charge in [-0.2, -0.15) is 10.1 Å². The Kier molecular flexibility index (Phi) is 6.65. The van der Waals surface area contributed by atoms with Gasteiger partial charge in [-0.05, 0) is 73.5 Å². The van der Waals surface area contributed by atoms with Gasteiger partial charge in [-0.3, -0.25) is 4.79 Å². The summed E-state index contributed by atoms with van der Waals surface area (Å²) in [6.07, 6.45) is 1.60. The minimum absolute atomic E-state index is 0.204. The van der Waals surface area contributed by atoms with E-state index in [0.717, 1.165) is 0 Å². The third-order valence-corrected chi connectivity index (χ3v) is 5.40. The molecule has 0 saturated heterocycles. The molecule has 174 valence electrons. The lowest BCUT2D eigenvalue weighted by molar-refractivity contribution is -0.114. The van der Waals surface area contributed by atoms with Crippen LogP contribution >= 0.6 is 11.6 Å². The number of benzene rings is 2. The molecule has 2 aromatic carbocycles. The zero-order valence-corrected chi connectivity index (χ0v) is 19.6. The third kappa shape index (κ3) is 4.94. The lowest BCUT2D eigenvalue weighted by atomic mass is 10.1. The zero-order valence-electron chi connectivity index (χ0n) is 18.8. The number of anilines is 1. The van der Waals surface area contributed by atoms with Crippen LogP contribution in [-0.4, -0.2) is 24.2 Å². The number of rotatable bonds is 6. The van der Waals surface area contributed by atoms with Gasteiger partial charge in [0, 0.05) is 5.56 Å². The Morgan fingerprint density at radius 1 is 1.18 bits per heavy atom. The number of amides is 1. The predicted molar refractivity (Wildman–Crippen MR) is 129 cm³/mol. The van der Waals surface area contributed by atoms with Gasteiger partial charge in [-0.1, -0.05) is 25.4 Å². The molecule has 0 spiro atoms. The topological polar surface area (TPSA) is 72.1 Å². The average molecular weight is 481 g/mol. The number of esters is 1. The maximum atomic E-state index is 13.2. The van der Waals surface area contributed by atoms with Crippen LogP contribution < -0.4 is 5.01 Å². The van der Waals surface area contributed by atoms with Gasteiger partial charge in [0.15, 0.2) is 0 Å². The van der Waals surface area contributed by atoms with Crippen LogP contribution in [0.5, 0.6) is 0 Å². The molecule has 0 N–H and O–H groups in total. The Morgan fingerprint density at radius 2 is 1.91 bits per heavy atom. The van der Waals surface area contributed by atoms with Crippen molar-refractivity contribution >= 4 is 41.0 Å². The van der Waals surface area contributed by atoms with Crippen LogP contribution in [-0.2, 0) is 9.53 Å². The number of nitrogens with zero attached hydrogens (tertiary/aromatic N) is 2. The molecule has 0 saturated carbocycles. The number of ether oxygens (including phenoxy) is 1. The number of carbonyl (C=O) groups is 2. The van der Waals surface area contributed by atoms with Gasteiger partial charge in [0.2, 0.25) is 0 Å². The van der Waals surface area contributed by atoms with Crippen molar-refractivity contribution in [3.05, 3.63) is 82.3 Å². The molecular formula is C26H22ClFN2O4. The zero-order chi connectivity index (χ0) is 24.4. The molecule has 8 heteroatoms. The normalized spacial score (nSPS) is 14.8. The van der Waals surface area contributed by atoms with Crippen molar-refractivity contribution in [2.75, 3.05) is 11.6 Å². The Morgan fingerprint density at radius 3 is 2.62 bits per heavy atom. The van der Waals surface area contributed by atoms with Gasteiger partial charge in [-0.25, -0.2) is 9.18 Å². The number of halogens is 2. The summed E-state index contributed by atoms with van der Waals surface area (Å²) in [5.74, 6) is -0.101. The van der Waals surface area contributed by atoms with Crippen LogP contribution in [0.15, 0.2) is 69.7 Å². The SMILES string of the molecule is CC1=NN(c2ccc(F)cc2)C(=O)/C1=C/c1ccc(-c2ccc(Cl)c(C(=O)OCC(C)C)c2)o1. The van der Waals surface area contributed by atoms with E-state index in [-0.39, 0.29) is 22.4 Å². The number of hydrogen-bond acceptors (Lipinski definition) is 5. The number of carbonyl (C=O) groups excluding carboxylic acids is 2. The van der Waals surface area contributed by atoms with Gasteiger partial charge in [-0.15, -0.1) is 0 Å². The molecule has 0 fully saturated rings.